The zero-order chi connectivity index (χ0) is 30.9. The van der Waals surface area contributed by atoms with Gasteiger partial charge in [-0.2, -0.15) is 0 Å². The molecule has 4 N–H and O–H groups in total. The molecule has 1 heterocycles. The molecule has 0 radical (unpaired) electrons. The molecule has 1 saturated carbocycles. The van der Waals surface area contributed by atoms with Crippen molar-refractivity contribution < 1.29 is 19.4 Å². The van der Waals surface area contributed by atoms with E-state index in [-0.39, 0.29) is 17.4 Å². The summed E-state index contributed by atoms with van der Waals surface area (Å²) in [6, 6.07) is 23.1. The zero-order valence-corrected chi connectivity index (χ0v) is 26.0. The second-order valence-electron chi connectivity index (χ2n) is 12.0. The minimum Gasteiger partial charge on any atom is -0.497 e. The number of nitrogens with zero attached hydrogens (tertiary/aromatic N) is 1. The van der Waals surface area contributed by atoms with E-state index in [0.717, 1.165) is 60.4 Å². The van der Waals surface area contributed by atoms with Crippen molar-refractivity contribution in [3.8, 4) is 5.75 Å². The van der Waals surface area contributed by atoms with E-state index in [9.17, 15) is 14.7 Å². The largest absolute Gasteiger partial charge is 0.497 e. The maximum Gasteiger partial charge on any atom is 0.251 e. The van der Waals surface area contributed by atoms with Crippen LogP contribution in [0, 0.1) is 0 Å². The molecule has 3 aromatic rings. The van der Waals surface area contributed by atoms with Gasteiger partial charge in [0.1, 0.15) is 5.75 Å². The van der Waals surface area contributed by atoms with Gasteiger partial charge in [0.25, 0.3) is 5.91 Å². The molecule has 234 valence electrons. The van der Waals surface area contributed by atoms with Crippen LogP contribution in [0.4, 0.5) is 11.4 Å². The molecule has 5 rings (SSSR count). The summed E-state index contributed by atoms with van der Waals surface area (Å²) in [5, 5.41) is 21.9. The highest BCUT2D eigenvalue weighted by molar-refractivity contribution is 6.00. The molecule has 0 spiro atoms. The first-order chi connectivity index (χ1) is 21.4. The van der Waals surface area contributed by atoms with Gasteiger partial charge < -0.3 is 30.7 Å². The van der Waals surface area contributed by atoms with Crippen LogP contribution in [-0.2, 0) is 16.8 Å². The number of hydrogen-bond donors (Lipinski definition) is 4. The third-order valence-corrected chi connectivity index (χ3v) is 9.00. The molecule has 2 fully saturated rings. The first-order valence-electron chi connectivity index (χ1n) is 16.0. The molecule has 1 aliphatic carbocycles. The predicted molar refractivity (Wildman–Crippen MR) is 175 cm³/mol. The minimum atomic E-state index is -0.847. The Bertz CT molecular complexity index is 1410. The van der Waals surface area contributed by atoms with Gasteiger partial charge in [0.05, 0.1) is 19.3 Å². The molecule has 2 aliphatic rings. The van der Waals surface area contributed by atoms with Crippen molar-refractivity contribution in [3.63, 3.8) is 0 Å². The quantitative estimate of drug-likeness (QED) is 0.210. The molecule has 1 aliphatic heterocycles. The van der Waals surface area contributed by atoms with E-state index in [0.29, 0.717) is 38.0 Å². The zero-order valence-electron chi connectivity index (χ0n) is 26.0. The highest BCUT2D eigenvalue weighted by atomic mass is 16.5. The van der Waals surface area contributed by atoms with Crippen molar-refractivity contribution in [3.05, 3.63) is 89.5 Å². The van der Waals surface area contributed by atoms with E-state index < -0.39 is 12.1 Å². The lowest BCUT2D eigenvalue weighted by atomic mass is 9.76. The van der Waals surface area contributed by atoms with Crippen molar-refractivity contribution in [2.75, 3.05) is 37.0 Å². The molecule has 44 heavy (non-hydrogen) atoms. The Morgan fingerprint density at radius 1 is 1.00 bits per heavy atom. The fourth-order valence-electron chi connectivity index (χ4n) is 6.61. The average molecular weight is 599 g/mol. The lowest BCUT2D eigenvalue weighted by Crippen LogP contribution is -2.53. The highest BCUT2D eigenvalue weighted by Gasteiger charge is 2.35. The second kappa shape index (κ2) is 14.7. The third-order valence-electron chi connectivity index (χ3n) is 9.00. The number of aliphatic hydroxyl groups is 1. The van der Waals surface area contributed by atoms with Crippen LogP contribution in [0.3, 0.4) is 0 Å². The number of methoxy groups -OCH3 is 1. The molecule has 2 amide bonds. The van der Waals surface area contributed by atoms with E-state index in [4.69, 9.17) is 4.74 Å². The number of carbonyl (C=O) groups is 2. The van der Waals surface area contributed by atoms with Crippen molar-refractivity contribution in [1.29, 1.82) is 0 Å². The van der Waals surface area contributed by atoms with Crippen LogP contribution in [-0.4, -0.2) is 55.8 Å². The number of rotatable bonds is 13. The van der Waals surface area contributed by atoms with Crippen LogP contribution in [0.5, 0.6) is 5.75 Å². The van der Waals surface area contributed by atoms with Gasteiger partial charge in [0, 0.05) is 48.5 Å². The number of anilines is 2. The molecule has 3 aromatic carbocycles. The van der Waals surface area contributed by atoms with Gasteiger partial charge in [0.2, 0.25) is 5.91 Å². The Kier molecular flexibility index (Phi) is 10.6. The first kappa shape index (κ1) is 31.5. The summed E-state index contributed by atoms with van der Waals surface area (Å²) in [4.78, 5) is 28.1. The van der Waals surface area contributed by atoms with Crippen molar-refractivity contribution in [2.45, 2.75) is 76.0 Å². The summed E-state index contributed by atoms with van der Waals surface area (Å²) in [5.74, 6) is 0.609. The lowest BCUT2D eigenvalue weighted by molar-refractivity contribution is -0.117. The molecule has 0 unspecified atom stereocenters. The Labute approximate surface area is 261 Å². The SMILES string of the molecule is CCNc1cc(C(=O)N[C@@H](Cc2ccccc2)[C@H](O)CNC2(c3cccc(OC)c3)CCCCC2)cc(N2CCCC2=O)c1. The van der Waals surface area contributed by atoms with Gasteiger partial charge in [-0.15, -0.1) is 0 Å². The summed E-state index contributed by atoms with van der Waals surface area (Å²) in [6.45, 7) is 3.65. The fraction of sp³-hybridized carbons (Fsp3) is 0.444. The van der Waals surface area contributed by atoms with E-state index in [1.54, 1.807) is 18.1 Å². The Balaban J connectivity index is 1.38. The van der Waals surface area contributed by atoms with E-state index in [1.807, 2.05) is 61.5 Å². The Morgan fingerprint density at radius 3 is 2.50 bits per heavy atom. The standard InChI is InChI=1S/C36H46N4O4/c1-3-37-29-21-27(22-30(24-29)40-19-11-16-34(40)42)35(43)39-32(20-26-12-6-4-7-13-26)33(41)25-38-36(17-8-5-9-18-36)28-14-10-15-31(23-28)44-2/h4,6-7,10,12-15,21-24,32-33,37-38,41H,3,5,8-9,11,16-20,25H2,1-2H3,(H,39,43)/t32-,33+/m0/s1. The van der Waals surface area contributed by atoms with Crippen LogP contribution in [0.15, 0.2) is 72.8 Å². The topological polar surface area (TPSA) is 103 Å². The van der Waals surface area contributed by atoms with Gasteiger partial charge >= 0.3 is 0 Å². The van der Waals surface area contributed by atoms with E-state index in [1.165, 1.54) is 6.42 Å². The van der Waals surface area contributed by atoms with Gasteiger partial charge in [-0.1, -0.05) is 61.7 Å². The average Bonchev–Trinajstić information content (AvgIpc) is 3.50. The molecule has 1 saturated heterocycles. The van der Waals surface area contributed by atoms with Crippen molar-refractivity contribution in [1.82, 2.24) is 10.6 Å². The van der Waals surface area contributed by atoms with Crippen LogP contribution < -0.4 is 25.6 Å². The van der Waals surface area contributed by atoms with Crippen molar-refractivity contribution in [2.24, 2.45) is 0 Å². The molecule has 8 nitrogen and oxygen atoms in total. The molecule has 0 aromatic heterocycles. The van der Waals surface area contributed by atoms with Crippen molar-refractivity contribution >= 4 is 23.2 Å². The van der Waals surface area contributed by atoms with E-state index in [2.05, 4.69) is 28.1 Å². The monoisotopic (exact) mass is 598 g/mol. The predicted octanol–water partition coefficient (Wildman–Crippen LogP) is 5.41. The second-order valence-corrected chi connectivity index (χ2v) is 12.0. The number of amides is 2. The van der Waals surface area contributed by atoms with Crippen LogP contribution in [0.25, 0.3) is 0 Å². The molecular weight excluding hydrogens is 552 g/mol. The number of aliphatic hydroxyl groups excluding tert-OH is 1. The molecular formula is C36H46N4O4. The number of nitrogens with one attached hydrogen (secondary N) is 3. The van der Waals surface area contributed by atoms with Crippen LogP contribution in [0.1, 0.15) is 73.4 Å². The summed E-state index contributed by atoms with van der Waals surface area (Å²) < 4.78 is 5.53. The minimum absolute atomic E-state index is 0.0705. The third kappa shape index (κ3) is 7.60. The van der Waals surface area contributed by atoms with Gasteiger partial charge in [-0.3, -0.25) is 9.59 Å². The fourth-order valence-corrected chi connectivity index (χ4v) is 6.61. The molecule has 8 heteroatoms. The van der Waals surface area contributed by atoms with Gasteiger partial charge in [0.15, 0.2) is 0 Å². The summed E-state index contributed by atoms with van der Waals surface area (Å²) in [5.41, 5.74) is 3.88. The number of benzene rings is 3. The first-order valence-corrected chi connectivity index (χ1v) is 16.0. The number of ether oxygens (including phenoxy) is 1. The van der Waals surface area contributed by atoms with Gasteiger partial charge in [-0.05, 0) is 74.1 Å². The molecule has 0 bridgehead atoms. The molecule has 2 atom stereocenters. The summed E-state index contributed by atoms with van der Waals surface area (Å²) >= 11 is 0. The normalized spacial score (nSPS) is 17.6. The highest BCUT2D eigenvalue weighted by Crippen LogP contribution is 2.38. The number of hydrogen-bond acceptors (Lipinski definition) is 6. The summed E-state index contributed by atoms with van der Waals surface area (Å²) in [7, 11) is 1.68. The summed E-state index contributed by atoms with van der Waals surface area (Å²) in [6.07, 6.45) is 6.30. The Hall–Kier alpha value is -3.88. The van der Waals surface area contributed by atoms with Crippen LogP contribution >= 0.6 is 0 Å². The lowest BCUT2D eigenvalue weighted by Gasteiger charge is -2.40. The van der Waals surface area contributed by atoms with E-state index >= 15 is 0 Å². The Morgan fingerprint density at radius 2 is 1.80 bits per heavy atom. The van der Waals surface area contributed by atoms with Crippen LogP contribution in [0.2, 0.25) is 0 Å². The number of carbonyl (C=O) groups excluding carboxylic acids is 2. The maximum absolute atomic E-state index is 13.8. The maximum atomic E-state index is 13.8. The smallest absolute Gasteiger partial charge is 0.251 e. The van der Waals surface area contributed by atoms with Gasteiger partial charge in [-0.25, -0.2) is 0 Å².